The number of anilines is 3. The SMILES string of the molecule is CCCCCC(=O)NC(=S)Nc1ccc(N2CCN(c3c(F)c(F)c(F)c(F)c3F)CC2)cc1. The van der Waals surface area contributed by atoms with Gasteiger partial charge < -0.3 is 20.4 Å². The number of rotatable bonds is 7. The van der Waals surface area contributed by atoms with E-state index in [1.807, 2.05) is 17.0 Å². The summed E-state index contributed by atoms with van der Waals surface area (Å²) in [4.78, 5) is 14.9. The minimum Gasteiger partial charge on any atom is -0.368 e. The average Bonchev–Trinajstić information content (AvgIpc) is 2.82. The molecule has 11 heteroatoms. The highest BCUT2D eigenvalue weighted by atomic mass is 32.1. The molecule has 1 heterocycles. The van der Waals surface area contributed by atoms with E-state index in [0.29, 0.717) is 25.2 Å². The van der Waals surface area contributed by atoms with Crippen molar-refractivity contribution in [3.8, 4) is 0 Å². The van der Waals surface area contributed by atoms with Crippen LogP contribution in [0.1, 0.15) is 32.6 Å². The second-order valence-corrected chi connectivity index (χ2v) is 8.31. The van der Waals surface area contributed by atoms with Gasteiger partial charge in [-0.25, -0.2) is 22.0 Å². The summed E-state index contributed by atoms with van der Waals surface area (Å²) in [6.07, 6.45) is 3.21. The monoisotopic (exact) mass is 500 g/mol. The fourth-order valence-electron chi connectivity index (χ4n) is 3.70. The molecule has 1 fully saturated rings. The molecule has 3 rings (SSSR count). The Morgan fingerprint density at radius 3 is 1.94 bits per heavy atom. The number of nitrogens with one attached hydrogen (secondary N) is 2. The van der Waals surface area contributed by atoms with Crippen LogP contribution >= 0.6 is 12.2 Å². The zero-order chi connectivity index (χ0) is 24.8. The van der Waals surface area contributed by atoms with Crippen LogP contribution in [-0.4, -0.2) is 37.2 Å². The third-order valence-electron chi connectivity index (χ3n) is 5.53. The molecule has 0 unspecified atom stereocenters. The standard InChI is InChI=1S/C23H25F5N4OS/c1-2-3-4-5-16(33)30-23(34)29-14-6-8-15(9-7-14)31-10-12-32(13-11-31)22-20(27)18(25)17(24)19(26)21(22)28/h6-9H,2-5,10-13H2,1H3,(H2,29,30,33,34). The zero-order valence-electron chi connectivity index (χ0n) is 18.6. The van der Waals surface area contributed by atoms with Crippen molar-refractivity contribution in [3.05, 3.63) is 53.4 Å². The van der Waals surface area contributed by atoms with Gasteiger partial charge in [-0.1, -0.05) is 19.8 Å². The average molecular weight is 501 g/mol. The fraction of sp³-hybridized carbons (Fsp3) is 0.391. The number of thiocarbonyl (C=S) groups is 1. The first-order valence-electron chi connectivity index (χ1n) is 10.9. The quantitative estimate of drug-likeness (QED) is 0.182. The van der Waals surface area contributed by atoms with Gasteiger partial charge in [-0.2, -0.15) is 0 Å². The maximum atomic E-state index is 14.1. The predicted molar refractivity (Wildman–Crippen MR) is 126 cm³/mol. The molecule has 0 aliphatic carbocycles. The Morgan fingerprint density at radius 2 is 1.38 bits per heavy atom. The largest absolute Gasteiger partial charge is 0.368 e. The molecule has 0 bridgehead atoms. The van der Waals surface area contributed by atoms with Gasteiger partial charge >= 0.3 is 0 Å². The Morgan fingerprint density at radius 1 is 0.853 bits per heavy atom. The molecule has 0 saturated carbocycles. The molecule has 0 atom stereocenters. The topological polar surface area (TPSA) is 47.6 Å². The van der Waals surface area contributed by atoms with Crippen LogP contribution in [0.4, 0.5) is 39.0 Å². The summed E-state index contributed by atoms with van der Waals surface area (Å²) >= 11 is 5.16. The van der Waals surface area contributed by atoms with E-state index in [-0.39, 0.29) is 24.1 Å². The van der Waals surface area contributed by atoms with E-state index >= 15 is 0 Å². The molecule has 2 aromatic rings. The number of nitrogens with zero attached hydrogens (tertiary/aromatic N) is 2. The van der Waals surface area contributed by atoms with Crippen LogP contribution in [0.5, 0.6) is 0 Å². The van der Waals surface area contributed by atoms with Crippen LogP contribution in [0, 0.1) is 29.1 Å². The Hall–Kier alpha value is -2.95. The molecule has 1 aliphatic rings. The van der Waals surface area contributed by atoms with Crippen molar-refractivity contribution in [2.75, 3.05) is 41.3 Å². The van der Waals surface area contributed by atoms with Gasteiger partial charge in [0.05, 0.1) is 0 Å². The molecule has 1 saturated heterocycles. The lowest BCUT2D eigenvalue weighted by molar-refractivity contribution is -0.119. The minimum atomic E-state index is -2.17. The molecule has 0 radical (unpaired) electrons. The Kier molecular flexibility index (Phi) is 8.65. The van der Waals surface area contributed by atoms with Gasteiger partial charge in [-0.3, -0.25) is 4.79 Å². The van der Waals surface area contributed by atoms with Crippen LogP contribution in [0.3, 0.4) is 0 Å². The molecular weight excluding hydrogens is 475 g/mol. The number of hydrogen-bond acceptors (Lipinski definition) is 4. The maximum absolute atomic E-state index is 14.1. The van der Waals surface area contributed by atoms with E-state index in [9.17, 15) is 26.7 Å². The van der Waals surface area contributed by atoms with E-state index < -0.39 is 34.8 Å². The summed E-state index contributed by atoms with van der Waals surface area (Å²) in [5.41, 5.74) is 0.584. The van der Waals surface area contributed by atoms with E-state index in [4.69, 9.17) is 12.2 Å². The number of carbonyl (C=O) groups excluding carboxylic acids is 1. The van der Waals surface area contributed by atoms with Crippen LogP contribution in [0.15, 0.2) is 24.3 Å². The highest BCUT2D eigenvalue weighted by molar-refractivity contribution is 7.80. The minimum absolute atomic E-state index is 0.0759. The molecular formula is C23H25F5N4OS. The molecule has 1 aliphatic heterocycles. The molecule has 2 N–H and O–H groups in total. The van der Waals surface area contributed by atoms with Gasteiger partial charge in [0.15, 0.2) is 28.4 Å². The van der Waals surface area contributed by atoms with E-state index in [1.54, 1.807) is 12.1 Å². The van der Waals surface area contributed by atoms with Crippen molar-refractivity contribution in [2.24, 2.45) is 0 Å². The van der Waals surface area contributed by atoms with Crippen molar-refractivity contribution in [1.29, 1.82) is 0 Å². The smallest absolute Gasteiger partial charge is 0.226 e. The number of piperazine rings is 1. The Labute approximate surface area is 199 Å². The summed E-state index contributed by atoms with van der Waals surface area (Å²) in [6, 6.07) is 7.15. The molecule has 0 aromatic heterocycles. The van der Waals surface area contributed by atoms with Crippen LogP contribution in [0.25, 0.3) is 0 Å². The van der Waals surface area contributed by atoms with E-state index in [0.717, 1.165) is 29.8 Å². The lowest BCUT2D eigenvalue weighted by Gasteiger charge is -2.37. The van der Waals surface area contributed by atoms with Gasteiger partial charge in [0, 0.05) is 44.0 Å². The normalized spacial score (nSPS) is 13.7. The third kappa shape index (κ3) is 5.94. The second-order valence-electron chi connectivity index (χ2n) is 7.90. The second kappa shape index (κ2) is 11.5. The first kappa shape index (κ1) is 25.7. The number of amides is 1. The van der Waals surface area contributed by atoms with E-state index in [1.165, 1.54) is 0 Å². The summed E-state index contributed by atoms with van der Waals surface area (Å²) in [5.74, 6) is -9.86. The highest BCUT2D eigenvalue weighted by Gasteiger charge is 2.30. The van der Waals surface area contributed by atoms with Crippen LogP contribution in [0.2, 0.25) is 0 Å². The van der Waals surface area contributed by atoms with Crippen molar-refractivity contribution in [3.63, 3.8) is 0 Å². The Bertz CT molecular complexity index is 1010. The lowest BCUT2D eigenvalue weighted by atomic mass is 10.2. The summed E-state index contributed by atoms with van der Waals surface area (Å²) in [7, 11) is 0. The van der Waals surface area contributed by atoms with Crippen molar-refractivity contribution in [1.82, 2.24) is 5.32 Å². The van der Waals surface area contributed by atoms with Gasteiger partial charge in [0.25, 0.3) is 0 Å². The zero-order valence-corrected chi connectivity index (χ0v) is 19.4. The van der Waals surface area contributed by atoms with E-state index in [2.05, 4.69) is 17.6 Å². The summed E-state index contributed by atoms with van der Waals surface area (Å²) in [5, 5.41) is 5.77. The van der Waals surface area contributed by atoms with Crippen LogP contribution < -0.4 is 20.4 Å². The number of carbonyl (C=O) groups is 1. The fourth-order valence-corrected chi connectivity index (χ4v) is 3.93. The third-order valence-corrected chi connectivity index (χ3v) is 5.74. The number of halogens is 5. The molecule has 1 amide bonds. The first-order chi connectivity index (χ1) is 16.2. The van der Waals surface area contributed by atoms with Crippen LogP contribution in [-0.2, 0) is 4.79 Å². The van der Waals surface area contributed by atoms with Gasteiger partial charge in [0.1, 0.15) is 5.69 Å². The first-order valence-corrected chi connectivity index (χ1v) is 11.4. The maximum Gasteiger partial charge on any atom is 0.226 e. The van der Waals surface area contributed by atoms with Gasteiger partial charge in [-0.15, -0.1) is 0 Å². The molecule has 0 spiro atoms. The van der Waals surface area contributed by atoms with Crippen molar-refractivity contribution < 1.29 is 26.7 Å². The molecule has 184 valence electrons. The number of hydrogen-bond donors (Lipinski definition) is 2. The molecule has 5 nitrogen and oxygen atoms in total. The Balaban J connectivity index is 1.56. The predicted octanol–water partition coefficient (Wildman–Crippen LogP) is 5.10. The van der Waals surface area contributed by atoms with Crippen molar-refractivity contribution >= 4 is 40.3 Å². The number of benzene rings is 2. The van der Waals surface area contributed by atoms with Gasteiger partial charge in [0.2, 0.25) is 11.7 Å². The molecule has 2 aromatic carbocycles. The van der Waals surface area contributed by atoms with Crippen molar-refractivity contribution in [2.45, 2.75) is 32.6 Å². The molecule has 34 heavy (non-hydrogen) atoms. The highest BCUT2D eigenvalue weighted by Crippen LogP contribution is 2.31. The summed E-state index contributed by atoms with van der Waals surface area (Å²) < 4.78 is 68.5. The van der Waals surface area contributed by atoms with Gasteiger partial charge in [-0.05, 0) is 42.9 Å². The number of unbranched alkanes of at least 4 members (excludes halogenated alkanes) is 2. The lowest BCUT2D eigenvalue weighted by Crippen LogP contribution is -2.47. The summed E-state index contributed by atoms with van der Waals surface area (Å²) in [6.45, 7) is 2.84.